The lowest BCUT2D eigenvalue weighted by atomic mass is 9.96. The molecule has 1 aromatic rings. The van der Waals surface area contributed by atoms with Crippen LogP contribution >= 0.6 is 11.6 Å². The molecule has 1 amide bonds. The second kappa shape index (κ2) is 11.3. The van der Waals surface area contributed by atoms with Crippen molar-refractivity contribution < 1.29 is 17.9 Å². The Morgan fingerprint density at radius 2 is 1.77 bits per heavy atom. The number of rotatable bonds is 9. The van der Waals surface area contributed by atoms with Gasteiger partial charge in [-0.1, -0.05) is 31.4 Å². The maximum Gasteiger partial charge on any atom is 0.409 e. The fourth-order valence-electron chi connectivity index (χ4n) is 3.74. The monoisotopic (exact) mass is 459 g/mol. The summed E-state index contributed by atoms with van der Waals surface area (Å²) in [6, 6.07) is 5.77. The Bertz CT molecular complexity index is 784. The van der Waals surface area contributed by atoms with Gasteiger partial charge in [-0.2, -0.15) is 4.31 Å². The molecule has 9 heteroatoms. The highest BCUT2D eigenvalue weighted by atomic mass is 35.5. The number of amides is 1. The lowest BCUT2D eigenvalue weighted by molar-refractivity contribution is 0.0642. The molecule has 7 nitrogen and oxygen atoms in total. The molecule has 1 aromatic carbocycles. The van der Waals surface area contributed by atoms with Crippen molar-refractivity contribution in [1.29, 1.82) is 0 Å². The predicted molar refractivity (Wildman–Crippen MR) is 119 cm³/mol. The van der Waals surface area contributed by atoms with Gasteiger partial charge in [-0.15, -0.1) is 0 Å². The van der Waals surface area contributed by atoms with Gasteiger partial charge in [0.05, 0.1) is 10.9 Å². The molecule has 1 aliphatic rings. The number of ether oxygens (including phenoxy) is 1. The van der Waals surface area contributed by atoms with Crippen molar-refractivity contribution in [3.05, 3.63) is 29.3 Å². The van der Waals surface area contributed by atoms with Crippen LogP contribution in [0, 0.1) is 0 Å². The highest BCUT2D eigenvalue weighted by Crippen LogP contribution is 2.32. The Morgan fingerprint density at radius 3 is 2.37 bits per heavy atom. The van der Waals surface area contributed by atoms with Gasteiger partial charge in [0.25, 0.3) is 0 Å². The molecule has 1 saturated heterocycles. The predicted octanol–water partition coefficient (Wildman–Crippen LogP) is 3.68. The molecule has 0 N–H and O–H groups in total. The van der Waals surface area contributed by atoms with E-state index in [0.717, 1.165) is 32.2 Å². The number of hydrogen-bond acceptors (Lipinski definition) is 5. The Hall–Kier alpha value is -1.35. The molecule has 1 fully saturated rings. The van der Waals surface area contributed by atoms with Crippen LogP contribution in [0.3, 0.4) is 0 Å². The van der Waals surface area contributed by atoms with Crippen molar-refractivity contribution in [2.24, 2.45) is 0 Å². The first-order valence-corrected chi connectivity index (χ1v) is 12.3. The summed E-state index contributed by atoms with van der Waals surface area (Å²) >= 11 is 5.94. The highest BCUT2D eigenvalue weighted by Gasteiger charge is 2.40. The molecule has 1 aliphatic heterocycles. The summed E-state index contributed by atoms with van der Waals surface area (Å²) in [7, 11) is 1.84. The van der Waals surface area contributed by atoms with Gasteiger partial charge in [0, 0.05) is 31.2 Å². The maximum absolute atomic E-state index is 13.5. The third kappa shape index (κ3) is 6.57. The molecule has 0 bridgehead atoms. The van der Waals surface area contributed by atoms with Crippen molar-refractivity contribution >= 4 is 27.7 Å². The number of benzene rings is 1. The molecule has 2 atom stereocenters. The van der Waals surface area contributed by atoms with E-state index in [1.165, 1.54) is 17.0 Å². The lowest BCUT2D eigenvalue weighted by Gasteiger charge is -2.40. The van der Waals surface area contributed by atoms with Crippen molar-refractivity contribution in [2.75, 3.05) is 40.8 Å². The third-order valence-electron chi connectivity index (χ3n) is 5.40. The summed E-state index contributed by atoms with van der Waals surface area (Å²) < 4.78 is 34.1. The quantitative estimate of drug-likeness (QED) is 0.563. The zero-order valence-corrected chi connectivity index (χ0v) is 20.0. The van der Waals surface area contributed by atoms with Crippen LogP contribution in [0.15, 0.2) is 29.2 Å². The van der Waals surface area contributed by atoms with Crippen LogP contribution in [0.1, 0.15) is 39.0 Å². The van der Waals surface area contributed by atoms with Crippen LogP contribution in [0.2, 0.25) is 5.02 Å². The van der Waals surface area contributed by atoms with Gasteiger partial charge in [-0.25, -0.2) is 13.2 Å². The van der Waals surface area contributed by atoms with E-state index in [2.05, 4.69) is 6.92 Å². The van der Waals surface area contributed by atoms with Crippen LogP contribution in [0.4, 0.5) is 4.79 Å². The van der Waals surface area contributed by atoms with Crippen LogP contribution in [-0.4, -0.2) is 81.5 Å². The van der Waals surface area contributed by atoms with E-state index in [4.69, 9.17) is 16.3 Å². The maximum atomic E-state index is 13.5. The summed E-state index contributed by atoms with van der Waals surface area (Å²) in [5, 5.41) is 0.490. The van der Waals surface area contributed by atoms with Crippen LogP contribution in [-0.2, 0) is 14.8 Å². The summed E-state index contributed by atoms with van der Waals surface area (Å²) in [5.74, 6) is 0. The Morgan fingerprint density at radius 1 is 1.13 bits per heavy atom. The van der Waals surface area contributed by atoms with Gasteiger partial charge >= 0.3 is 6.09 Å². The van der Waals surface area contributed by atoms with E-state index in [1.54, 1.807) is 23.5 Å². The van der Waals surface area contributed by atoms with Crippen LogP contribution in [0.25, 0.3) is 0 Å². The number of halogens is 1. The molecule has 30 heavy (non-hydrogen) atoms. The number of likely N-dealkylation sites (N-methyl/N-ethyl adjacent to an activating group) is 2. The SMILES string of the molecule is CCC[C@H]1CCC[C@@H](COC(=O)N(C)CCN(C)C)N1S(=O)(=O)c1ccc(Cl)cc1. The highest BCUT2D eigenvalue weighted by molar-refractivity contribution is 7.89. The number of piperidine rings is 1. The molecular formula is C21H34ClN3O4S. The standard InChI is InChI=1S/C21H34ClN3O4S/c1-5-7-18-8-6-9-19(16-29-21(26)24(4)15-14-23(2)3)25(18)30(27,28)20-12-10-17(22)11-13-20/h10-13,18-19H,5-9,14-16H2,1-4H3/t18-,19-/m0/s1. The first kappa shape index (κ1) is 24.9. The van der Waals surface area contributed by atoms with Gasteiger partial charge in [0.1, 0.15) is 6.61 Å². The second-order valence-electron chi connectivity index (χ2n) is 8.12. The van der Waals surface area contributed by atoms with Crippen molar-refractivity contribution in [3.63, 3.8) is 0 Å². The molecule has 0 aliphatic carbocycles. The first-order valence-electron chi connectivity index (χ1n) is 10.5. The number of nitrogens with zero attached hydrogens (tertiary/aromatic N) is 3. The molecule has 0 unspecified atom stereocenters. The molecule has 170 valence electrons. The first-order chi connectivity index (χ1) is 14.2. The minimum Gasteiger partial charge on any atom is -0.448 e. The van der Waals surface area contributed by atoms with E-state index >= 15 is 0 Å². The fraction of sp³-hybridized carbons (Fsp3) is 0.667. The molecule has 1 heterocycles. The fourth-order valence-corrected chi connectivity index (χ4v) is 5.75. The number of carbonyl (C=O) groups excluding carboxylic acids is 1. The minimum atomic E-state index is -3.73. The van der Waals surface area contributed by atoms with E-state index in [-0.39, 0.29) is 23.6 Å². The van der Waals surface area contributed by atoms with Gasteiger partial charge < -0.3 is 14.5 Å². The Labute approximate surface area is 186 Å². The molecule has 0 spiro atoms. The van der Waals surface area contributed by atoms with Crippen LogP contribution < -0.4 is 0 Å². The Balaban J connectivity index is 2.17. The summed E-state index contributed by atoms with van der Waals surface area (Å²) in [4.78, 5) is 16.1. The summed E-state index contributed by atoms with van der Waals surface area (Å²) in [6.07, 6.45) is 3.63. The van der Waals surface area contributed by atoms with Crippen molar-refractivity contribution in [3.8, 4) is 0 Å². The smallest absolute Gasteiger partial charge is 0.409 e. The van der Waals surface area contributed by atoms with E-state index in [0.29, 0.717) is 18.0 Å². The average Bonchev–Trinajstić information content (AvgIpc) is 2.70. The molecular weight excluding hydrogens is 426 g/mol. The van der Waals surface area contributed by atoms with Crippen LogP contribution in [0.5, 0.6) is 0 Å². The number of carbonyl (C=O) groups is 1. The second-order valence-corrected chi connectivity index (χ2v) is 10.4. The molecule has 0 radical (unpaired) electrons. The zero-order valence-electron chi connectivity index (χ0n) is 18.4. The summed E-state index contributed by atoms with van der Waals surface area (Å²) in [6.45, 7) is 3.38. The van der Waals surface area contributed by atoms with Gasteiger partial charge in [0.2, 0.25) is 10.0 Å². The lowest BCUT2D eigenvalue weighted by Crippen LogP contribution is -2.52. The molecule has 2 rings (SSSR count). The van der Waals surface area contributed by atoms with Gasteiger partial charge in [0.15, 0.2) is 0 Å². The van der Waals surface area contributed by atoms with E-state index in [9.17, 15) is 13.2 Å². The number of sulfonamides is 1. The third-order valence-corrected chi connectivity index (χ3v) is 7.67. The number of hydrogen-bond donors (Lipinski definition) is 0. The van der Waals surface area contributed by atoms with Gasteiger partial charge in [-0.05, 0) is 57.6 Å². The van der Waals surface area contributed by atoms with Gasteiger partial charge in [-0.3, -0.25) is 0 Å². The average molecular weight is 460 g/mol. The van der Waals surface area contributed by atoms with E-state index < -0.39 is 16.1 Å². The summed E-state index contributed by atoms with van der Waals surface area (Å²) in [5.41, 5.74) is 0. The molecule has 0 aromatic heterocycles. The molecule has 0 saturated carbocycles. The Kier molecular flexibility index (Phi) is 9.40. The minimum absolute atomic E-state index is 0.0537. The van der Waals surface area contributed by atoms with Crippen molar-refractivity contribution in [1.82, 2.24) is 14.1 Å². The topological polar surface area (TPSA) is 70.2 Å². The van der Waals surface area contributed by atoms with Crippen molar-refractivity contribution in [2.45, 2.75) is 56.0 Å². The zero-order chi connectivity index (χ0) is 22.3. The normalized spacial score (nSPS) is 20.3. The largest absolute Gasteiger partial charge is 0.448 e. The van der Waals surface area contributed by atoms with E-state index in [1.807, 2.05) is 19.0 Å².